The van der Waals surface area contributed by atoms with Crippen molar-refractivity contribution in [2.24, 2.45) is 18.7 Å². The average Bonchev–Trinajstić information content (AvgIpc) is 3.20. The van der Waals surface area contributed by atoms with Crippen molar-refractivity contribution in [1.29, 1.82) is 0 Å². The van der Waals surface area contributed by atoms with E-state index in [1.165, 1.54) is 16.7 Å². The van der Waals surface area contributed by atoms with Crippen molar-refractivity contribution in [3.8, 4) is 22.9 Å². The van der Waals surface area contributed by atoms with E-state index in [0.29, 0.717) is 29.0 Å². The summed E-state index contributed by atoms with van der Waals surface area (Å²) in [4.78, 5) is 24.5. The van der Waals surface area contributed by atoms with Crippen LogP contribution in [0.25, 0.3) is 11.3 Å². The summed E-state index contributed by atoms with van der Waals surface area (Å²) in [6.07, 6.45) is -2.15. The zero-order valence-electron chi connectivity index (χ0n) is 21.9. The van der Waals surface area contributed by atoms with E-state index in [0.717, 1.165) is 21.7 Å². The minimum absolute atomic E-state index is 0.0311. The van der Waals surface area contributed by atoms with Crippen LogP contribution in [-0.2, 0) is 18.4 Å². The van der Waals surface area contributed by atoms with Gasteiger partial charge >= 0.3 is 0 Å². The minimum atomic E-state index is -2.69. The third-order valence-corrected chi connectivity index (χ3v) is 6.16. The van der Waals surface area contributed by atoms with Crippen molar-refractivity contribution in [1.82, 2.24) is 14.8 Å². The molecule has 0 fully saturated rings. The van der Waals surface area contributed by atoms with Crippen LogP contribution in [0.3, 0.4) is 0 Å². The third kappa shape index (κ3) is 6.15. The van der Waals surface area contributed by atoms with Gasteiger partial charge in [-0.05, 0) is 56.2 Å². The molecule has 0 spiro atoms. The molecular formula is C26H32F2N6O4. The first-order valence-corrected chi connectivity index (χ1v) is 11.8. The number of aromatic nitrogens is 2. The normalized spacial score (nSPS) is 12.1. The van der Waals surface area contributed by atoms with E-state index in [9.17, 15) is 18.4 Å². The number of nitrogens with zero attached hydrogens (tertiary/aromatic N) is 4. The van der Waals surface area contributed by atoms with Crippen LogP contribution in [0.5, 0.6) is 11.6 Å². The maximum Gasteiger partial charge on any atom is 0.272 e. The van der Waals surface area contributed by atoms with Gasteiger partial charge in [-0.3, -0.25) is 15.4 Å². The Balaban J connectivity index is 1.85. The summed E-state index contributed by atoms with van der Waals surface area (Å²) in [6.45, 7) is 4.66. The molecule has 0 aliphatic carbocycles. The Labute approximate surface area is 219 Å². The van der Waals surface area contributed by atoms with Crippen LogP contribution in [0.2, 0.25) is 0 Å². The summed E-state index contributed by atoms with van der Waals surface area (Å²) in [5, 5.41) is 6.65. The van der Waals surface area contributed by atoms with Crippen LogP contribution in [0.4, 0.5) is 14.5 Å². The topological polar surface area (TPSA) is 129 Å². The second-order valence-corrected chi connectivity index (χ2v) is 8.90. The number of nitrogens with two attached hydrogens (primary N) is 2. The van der Waals surface area contributed by atoms with Gasteiger partial charge in [0.1, 0.15) is 29.7 Å². The number of anilines is 1. The van der Waals surface area contributed by atoms with Gasteiger partial charge < -0.3 is 9.47 Å². The lowest BCUT2D eigenvalue weighted by Gasteiger charge is -2.27. The molecule has 38 heavy (non-hydrogen) atoms. The highest BCUT2D eigenvalue weighted by Gasteiger charge is 2.24. The maximum atomic E-state index is 12.8. The highest BCUT2D eigenvalue weighted by molar-refractivity contribution is 5.96. The number of likely N-dealkylation sites (N-methyl/N-ethyl adjacent to an activating group) is 1. The predicted molar refractivity (Wildman–Crippen MR) is 139 cm³/mol. The van der Waals surface area contributed by atoms with Gasteiger partial charge in [0.2, 0.25) is 5.88 Å². The molecule has 0 unspecified atom stereocenters. The Morgan fingerprint density at radius 2 is 1.87 bits per heavy atom. The van der Waals surface area contributed by atoms with Crippen LogP contribution < -0.4 is 26.2 Å². The molecule has 12 heteroatoms. The van der Waals surface area contributed by atoms with Crippen LogP contribution in [0.1, 0.15) is 34.0 Å². The number of ether oxygens (including phenoxy) is 2. The van der Waals surface area contributed by atoms with Crippen molar-refractivity contribution in [3.05, 3.63) is 58.7 Å². The van der Waals surface area contributed by atoms with Crippen LogP contribution in [0, 0.1) is 13.8 Å². The molecule has 10 nitrogen and oxygen atoms in total. The Bertz CT molecular complexity index is 1310. The van der Waals surface area contributed by atoms with E-state index in [4.69, 9.17) is 21.2 Å². The summed E-state index contributed by atoms with van der Waals surface area (Å²) in [7, 11) is 3.10. The van der Waals surface area contributed by atoms with E-state index in [-0.39, 0.29) is 24.0 Å². The number of carbonyl (C=O) groups excluding carboxylic acids is 2. The highest BCUT2D eigenvalue weighted by atomic mass is 19.3. The van der Waals surface area contributed by atoms with Gasteiger partial charge in [-0.15, -0.1) is 0 Å². The quantitative estimate of drug-likeness (QED) is 0.167. The number of halogens is 2. The smallest absolute Gasteiger partial charge is 0.272 e. The van der Waals surface area contributed by atoms with E-state index < -0.39 is 19.1 Å². The molecule has 1 aromatic heterocycles. The second kappa shape index (κ2) is 12.1. The molecule has 3 rings (SSSR count). The standard InChI is InChI=1S/C26H32F2N6O4/c1-15-7-6-8-21(34(30)25(36)17(3)32(4)29)20(15)13-37-22-10-9-18(11-16(22)2)24-19(12-35)26(33(5)31-24)38-14-23(27)28/h6-12,17,23H,13-14,29-30H2,1-5H3/t17-/m0/s1. The molecule has 0 aliphatic heterocycles. The van der Waals surface area contributed by atoms with Crippen molar-refractivity contribution >= 4 is 17.9 Å². The maximum absolute atomic E-state index is 12.8. The van der Waals surface area contributed by atoms with Gasteiger partial charge in [0.25, 0.3) is 12.3 Å². The molecule has 0 aliphatic rings. The zero-order valence-corrected chi connectivity index (χ0v) is 21.9. The second-order valence-electron chi connectivity index (χ2n) is 8.90. The first kappa shape index (κ1) is 28.7. The van der Waals surface area contributed by atoms with Crippen molar-refractivity contribution in [3.63, 3.8) is 0 Å². The molecule has 3 aromatic rings. The lowest BCUT2D eigenvalue weighted by Crippen LogP contribution is -2.51. The first-order chi connectivity index (χ1) is 18.0. The number of alkyl halides is 2. The van der Waals surface area contributed by atoms with Crippen LogP contribution in [-0.4, -0.2) is 53.1 Å². The van der Waals surface area contributed by atoms with Gasteiger partial charge in [-0.25, -0.2) is 29.3 Å². The lowest BCUT2D eigenvalue weighted by atomic mass is 10.0. The predicted octanol–water partition coefficient (Wildman–Crippen LogP) is 3.14. The van der Waals surface area contributed by atoms with Crippen LogP contribution >= 0.6 is 0 Å². The van der Waals surface area contributed by atoms with Gasteiger partial charge in [-0.1, -0.05) is 12.1 Å². The van der Waals surface area contributed by atoms with Crippen molar-refractivity contribution in [2.45, 2.75) is 39.8 Å². The molecule has 0 saturated carbocycles. The Morgan fingerprint density at radius 3 is 2.47 bits per heavy atom. The molecule has 4 N–H and O–H groups in total. The summed E-state index contributed by atoms with van der Waals surface area (Å²) in [5.74, 6) is 12.0. The number of benzene rings is 2. The lowest BCUT2D eigenvalue weighted by molar-refractivity contribution is -0.123. The SMILES string of the molecule is Cc1cc(-c2nn(C)c(OCC(F)F)c2C=O)ccc1OCc1c(C)cccc1N(N)C(=O)[C@H](C)N(C)N. The number of rotatable bonds is 11. The Kier molecular flexibility index (Phi) is 9.15. The van der Waals surface area contributed by atoms with Gasteiger partial charge in [0, 0.05) is 25.2 Å². The fraction of sp³-hybridized carbons (Fsp3) is 0.346. The molecule has 0 radical (unpaired) electrons. The first-order valence-electron chi connectivity index (χ1n) is 11.8. The third-order valence-electron chi connectivity index (χ3n) is 6.16. The monoisotopic (exact) mass is 530 g/mol. The van der Waals surface area contributed by atoms with Crippen molar-refractivity contribution < 1.29 is 27.8 Å². The van der Waals surface area contributed by atoms with Gasteiger partial charge in [0.05, 0.1) is 5.69 Å². The molecule has 0 bridgehead atoms. The molecule has 204 valence electrons. The summed E-state index contributed by atoms with van der Waals surface area (Å²) in [5.41, 5.74) is 3.83. The molecule has 0 saturated heterocycles. The number of hydrogen-bond donors (Lipinski definition) is 2. The number of aldehydes is 1. The number of amides is 1. The summed E-state index contributed by atoms with van der Waals surface area (Å²) in [6, 6.07) is 10.0. The fourth-order valence-corrected chi connectivity index (χ4v) is 3.86. The van der Waals surface area contributed by atoms with Crippen LogP contribution in [0.15, 0.2) is 36.4 Å². The molecule has 1 atom stereocenters. The van der Waals surface area contributed by atoms with E-state index in [1.807, 2.05) is 19.9 Å². The summed E-state index contributed by atoms with van der Waals surface area (Å²) >= 11 is 0. The molecular weight excluding hydrogens is 498 g/mol. The zero-order chi connectivity index (χ0) is 28.1. The van der Waals surface area contributed by atoms with Gasteiger partial charge in [0.15, 0.2) is 12.9 Å². The largest absolute Gasteiger partial charge is 0.489 e. The van der Waals surface area contributed by atoms with E-state index >= 15 is 0 Å². The summed E-state index contributed by atoms with van der Waals surface area (Å²) < 4.78 is 37.7. The Morgan fingerprint density at radius 1 is 1.16 bits per heavy atom. The number of hydrazine groups is 2. The number of carbonyl (C=O) groups is 2. The molecule has 1 heterocycles. The van der Waals surface area contributed by atoms with E-state index in [2.05, 4.69) is 5.10 Å². The minimum Gasteiger partial charge on any atom is -0.489 e. The molecule has 1 amide bonds. The fourth-order valence-electron chi connectivity index (χ4n) is 3.86. The van der Waals surface area contributed by atoms with E-state index in [1.54, 1.807) is 44.3 Å². The van der Waals surface area contributed by atoms with Crippen molar-refractivity contribution in [2.75, 3.05) is 18.7 Å². The average molecular weight is 531 g/mol. The number of aryl methyl sites for hydroxylation is 3. The highest BCUT2D eigenvalue weighted by Crippen LogP contribution is 2.33. The molecule has 2 aromatic carbocycles. The van der Waals surface area contributed by atoms with Gasteiger partial charge in [-0.2, -0.15) is 5.10 Å². The number of hydrogen-bond acceptors (Lipinski definition) is 8. The Hall–Kier alpha value is -3.87.